The molecule has 2 N–H and O–H groups in total. The molecule has 3 aliphatic rings. The van der Waals surface area contributed by atoms with Gasteiger partial charge in [0.2, 0.25) is 11.8 Å². The van der Waals surface area contributed by atoms with Crippen molar-refractivity contribution in [3.8, 4) is 5.75 Å². The third kappa shape index (κ3) is 10.1. The highest BCUT2D eigenvalue weighted by atomic mass is 35.5. The molecule has 1 aromatic carbocycles. The smallest absolute Gasteiger partial charge is 0.409 e. The minimum absolute atomic E-state index is 0.0460. The van der Waals surface area contributed by atoms with Crippen LogP contribution in [0.3, 0.4) is 0 Å². The van der Waals surface area contributed by atoms with Crippen LogP contribution in [0.2, 0.25) is 5.02 Å². The largest absolute Gasteiger partial charge is 0.495 e. The van der Waals surface area contributed by atoms with Crippen LogP contribution in [-0.2, 0) is 39.8 Å². The van der Waals surface area contributed by atoms with E-state index >= 15 is 0 Å². The van der Waals surface area contributed by atoms with E-state index in [1.807, 2.05) is 33.1 Å². The summed E-state index contributed by atoms with van der Waals surface area (Å²) in [4.78, 5) is 56.7. The molecule has 300 valence electrons. The zero-order chi connectivity index (χ0) is 40.1. The molecule has 0 spiro atoms. The number of benzene rings is 1. The van der Waals surface area contributed by atoms with Gasteiger partial charge in [-0.2, -0.15) is 0 Å². The van der Waals surface area contributed by atoms with Gasteiger partial charge in [-0.1, -0.05) is 70.8 Å². The molecular formula is C38H54ClN3O10S2. The Labute approximate surface area is 331 Å². The van der Waals surface area contributed by atoms with E-state index in [0.29, 0.717) is 24.3 Å². The monoisotopic (exact) mass is 811 g/mol. The van der Waals surface area contributed by atoms with Gasteiger partial charge in [-0.3, -0.25) is 14.9 Å². The second kappa shape index (κ2) is 18.3. The van der Waals surface area contributed by atoms with Crippen molar-refractivity contribution >= 4 is 62.8 Å². The SMILES string of the molecule is COc1cc2cc(c1Cl)N(C)C(=O)CC(OC(=O)[C@H](C)N(C)C(=O)CC[C@@H](C)SSC)C1(C)OC1C(C)C1CC(O)(NC(=O)O1)C(OC)/C=C/C=C(\C)C2. The Morgan fingerprint density at radius 2 is 1.94 bits per heavy atom. The summed E-state index contributed by atoms with van der Waals surface area (Å²) in [6.45, 7) is 9.09. The minimum atomic E-state index is -1.82. The molecule has 9 atom stereocenters. The number of anilines is 1. The summed E-state index contributed by atoms with van der Waals surface area (Å²) in [6.07, 6.45) is 3.89. The molecule has 3 aliphatic heterocycles. The normalized spacial score (nSPS) is 31.4. The fraction of sp³-hybridized carbons (Fsp3) is 0.632. The minimum Gasteiger partial charge on any atom is -0.495 e. The fourth-order valence-corrected chi connectivity index (χ4v) is 9.06. The molecular weight excluding hydrogens is 758 g/mol. The summed E-state index contributed by atoms with van der Waals surface area (Å²) in [5.74, 6) is -1.48. The van der Waals surface area contributed by atoms with Gasteiger partial charge in [0.1, 0.15) is 40.7 Å². The number of nitrogens with one attached hydrogen (secondary N) is 1. The Hall–Kier alpha value is -2.95. The fourth-order valence-electron chi connectivity index (χ4n) is 6.93. The van der Waals surface area contributed by atoms with E-state index in [1.165, 1.54) is 24.0 Å². The van der Waals surface area contributed by atoms with Gasteiger partial charge < -0.3 is 38.6 Å². The van der Waals surface area contributed by atoms with Gasteiger partial charge in [0.25, 0.3) is 0 Å². The van der Waals surface area contributed by atoms with Crippen LogP contribution in [0.15, 0.2) is 35.9 Å². The van der Waals surface area contributed by atoms with E-state index in [1.54, 1.807) is 73.8 Å². The van der Waals surface area contributed by atoms with Crippen LogP contribution in [0.25, 0.3) is 0 Å². The van der Waals surface area contributed by atoms with Crippen LogP contribution in [0, 0.1) is 5.92 Å². The van der Waals surface area contributed by atoms with Crippen molar-refractivity contribution < 1.29 is 48.0 Å². The standard InChI is InChI=1S/C38H54ClN3O10S2/c1-21-12-11-13-29(49-9)38(47)20-28(50-36(46)40-38)23(3)34-37(5,52-34)30(51-35(45)24(4)41(6)31(43)15-14-22(2)54-53-10)19-32(44)42(7)26-17-25(16-21)18-27(48-8)33(26)39/h11-13,17-18,22-24,28-30,34,47H,14-16,19-20H2,1-10H3,(H,40,46)/b13-11+,21-12+/t22-,23?,24+,28?,29?,30?,34?,37?,38?/m1/s1. The maximum Gasteiger partial charge on any atom is 0.409 e. The van der Waals surface area contributed by atoms with Crippen molar-refractivity contribution in [1.82, 2.24) is 10.2 Å². The number of halogens is 1. The lowest BCUT2D eigenvalue weighted by Gasteiger charge is -2.42. The second-order valence-electron chi connectivity index (χ2n) is 14.5. The van der Waals surface area contributed by atoms with E-state index in [9.17, 15) is 24.3 Å². The number of carbonyl (C=O) groups excluding carboxylic acids is 4. The number of amides is 3. The molecule has 0 radical (unpaired) electrons. The first-order valence-corrected chi connectivity index (χ1v) is 20.9. The Kier molecular flexibility index (Phi) is 14.9. The highest BCUT2D eigenvalue weighted by Gasteiger charge is 2.64. The zero-order valence-corrected chi connectivity index (χ0v) is 35.1. The van der Waals surface area contributed by atoms with Crippen molar-refractivity contribution in [2.45, 2.75) is 114 Å². The molecule has 1 aromatic rings. The predicted octanol–water partition coefficient (Wildman–Crippen LogP) is 5.69. The van der Waals surface area contributed by atoms with Gasteiger partial charge >= 0.3 is 12.1 Å². The van der Waals surface area contributed by atoms with Crippen LogP contribution < -0.4 is 15.0 Å². The maximum atomic E-state index is 14.2. The van der Waals surface area contributed by atoms with Gasteiger partial charge in [0.15, 0.2) is 5.72 Å². The highest BCUT2D eigenvalue weighted by Crippen LogP contribution is 2.49. The first-order valence-electron chi connectivity index (χ1n) is 17.9. The highest BCUT2D eigenvalue weighted by molar-refractivity contribution is 8.76. The Morgan fingerprint density at radius 1 is 1.24 bits per heavy atom. The van der Waals surface area contributed by atoms with Gasteiger partial charge in [0.05, 0.1) is 25.3 Å². The van der Waals surface area contributed by atoms with Crippen LogP contribution in [0.5, 0.6) is 5.75 Å². The number of nitrogens with zero attached hydrogens (tertiary/aromatic N) is 2. The third-order valence-electron chi connectivity index (χ3n) is 10.5. The molecule has 13 nitrogen and oxygen atoms in total. The third-order valence-corrected chi connectivity index (χ3v) is 13.2. The maximum absolute atomic E-state index is 14.2. The number of carbonyl (C=O) groups is 4. The molecule has 0 aliphatic carbocycles. The number of ether oxygens (including phenoxy) is 5. The summed E-state index contributed by atoms with van der Waals surface area (Å²) in [5, 5.41) is 14.8. The van der Waals surface area contributed by atoms with E-state index in [-0.39, 0.29) is 35.4 Å². The van der Waals surface area contributed by atoms with Gasteiger partial charge in [-0.25, -0.2) is 9.59 Å². The average molecular weight is 812 g/mol. The average Bonchev–Trinajstić information content (AvgIpc) is 3.82. The number of hydrogen-bond donors (Lipinski definition) is 2. The van der Waals surface area contributed by atoms with Crippen molar-refractivity contribution in [1.29, 1.82) is 0 Å². The summed E-state index contributed by atoms with van der Waals surface area (Å²) in [6, 6.07) is 2.63. The number of fused-ring (bicyclic) bond motifs is 5. The molecule has 2 fully saturated rings. The number of allylic oxidation sites excluding steroid dienone is 3. The Bertz CT molecular complexity index is 1630. The summed E-state index contributed by atoms with van der Waals surface area (Å²) in [5.41, 5.74) is -0.890. The number of methoxy groups -OCH3 is 2. The predicted molar refractivity (Wildman–Crippen MR) is 211 cm³/mol. The number of epoxide rings is 1. The second-order valence-corrected chi connectivity index (χ2v) is 17.8. The number of likely N-dealkylation sites (N-methyl/N-ethyl adjacent to an activating group) is 1. The first kappa shape index (κ1) is 43.8. The zero-order valence-electron chi connectivity index (χ0n) is 32.7. The number of alkyl carbamates (subject to hydrolysis) is 1. The van der Waals surface area contributed by atoms with Crippen LogP contribution in [0.1, 0.15) is 65.9 Å². The van der Waals surface area contributed by atoms with E-state index in [0.717, 1.165) is 11.1 Å². The molecule has 4 rings (SSSR count). The number of rotatable bonds is 10. The Morgan fingerprint density at radius 3 is 2.59 bits per heavy atom. The van der Waals surface area contributed by atoms with Gasteiger partial charge in [0, 0.05) is 45.2 Å². The first-order chi connectivity index (χ1) is 25.4. The van der Waals surface area contributed by atoms with Crippen molar-refractivity contribution in [3.63, 3.8) is 0 Å². The molecule has 16 heteroatoms. The van der Waals surface area contributed by atoms with E-state index in [2.05, 4.69) is 5.32 Å². The van der Waals surface area contributed by atoms with E-state index < -0.39 is 65.7 Å². The van der Waals surface area contributed by atoms with Gasteiger partial charge in [-0.05, 0) is 57.6 Å². The molecule has 54 heavy (non-hydrogen) atoms. The lowest BCUT2D eigenvalue weighted by Crippen LogP contribution is -2.63. The summed E-state index contributed by atoms with van der Waals surface area (Å²) >= 11 is 6.77. The summed E-state index contributed by atoms with van der Waals surface area (Å²) in [7, 11) is 9.38. The molecule has 4 bridgehead atoms. The topological polar surface area (TPSA) is 156 Å². The van der Waals surface area contributed by atoms with E-state index in [4.69, 9.17) is 35.3 Å². The number of aliphatic hydroxyl groups is 1. The molecule has 3 heterocycles. The lowest BCUT2D eigenvalue weighted by molar-refractivity contribution is -0.162. The molecule has 3 amide bonds. The number of hydrogen-bond acceptors (Lipinski definition) is 12. The van der Waals surface area contributed by atoms with Crippen LogP contribution in [-0.4, -0.2) is 115 Å². The van der Waals surface area contributed by atoms with Gasteiger partial charge in [-0.15, -0.1) is 0 Å². The van der Waals surface area contributed by atoms with Crippen molar-refractivity contribution in [2.75, 3.05) is 39.5 Å². The number of esters is 1. The lowest BCUT2D eigenvalue weighted by atomic mass is 9.83. The molecule has 0 aromatic heterocycles. The molecule has 7 unspecified atom stereocenters. The van der Waals surface area contributed by atoms with Crippen LogP contribution >= 0.6 is 33.2 Å². The van der Waals surface area contributed by atoms with Crippen molar-refractivity contribution in [3.05, 3.63) is 46.5 Å². The quantitative estimate of drug-likeness (QED) is 0.169. The summed E-state index contributed by atoms with van der Waals surface area (Å²) < 4.78 is 29.3. The van der Waals surface area contributed by atoms with Crippen molar-refractivity contribution in [2.24, 2.45) is 5.92 Å². The molecule has 0 saturated carbocycles. The Balaban J connectivity index is 1.72. The molecule has 2 saturated heterocycles. The van der Waals surface area contributed by atoms with Crippen LogP contribution in [0.4, 0.5) is 10.5 Å².